The number of fused-ring (bicyclic) bond motifs is 1. The van der Waals surface area contributed by atoms with E-state index >= 15 is 0 Å². The summed E-state index contributed by atoms with van der Waals surface area (Å²) in [6, 6.07) is 19.1. The molecule has 2 aliphatic carbocycles. The van der Waals surface area contributed by atoms with Gasteiger partial charge in [0, 0.05) is 12.2 Å². The number of rotatable bonds is 16. The van der Waals surface area contributed by atoms with Crippen LogP contribution in [0.2, 0.25) is 0 Å². The summed E-state index contributed by atoms with van der Waals surface area (Å²) < 4.78 is 1.07. The smallest absolute Gasteiger partial charge is 0.231 e. The average molecular weight is 683 g/mol. The number of aromatic nitrogens is 1. The summed E-state index contributed by atoms with van der Waals surface area (Å²) in [6.07, 6.45) is 22.1. The van der Waals surface area contributed by atoms with Crippen LogP contribution in [0.3, 0.4) is 0 Å². The Hall–Kier alpha value is -2.97. The van der Waals surface area contributed by atoms with Crippen LogP contribution in [0.4, 0.5) is 27.2 Å². The van der Waals surface area contributed by atoms with Crippen LogP contribution >= 0.6 is 22.7 Å². The molecule has 0 saturated heterocycles. The van der Waals surface area contributed by atoms with Gasteiger partial charge in [0.1, 0.15) is 9.83 Å². The molecule has 8 heteroatoms. The highest BCUT2D eigenvalue weighted by atomic mass is 32.1. The van der Waals surface area contributed by atoms with Crippen LogP contribution < -0.4 is 5.32 Å². The molecule has 0 aliphatic heterocycles. The number of unbranched alkanes of at least 4 members (excludes halogenated alkanes) is 4. The van der Waals surface area contributed by atoms with E-state index in [0.29, 0.717) is 11.0 Å². The zero-order valence-electron chi connectivity index (χ0n) is 29.1. The molecule has 0 bridgehead atoms. The minimum absolute atomic E-state index is 0.664. The molecule has 6 nitrogen and oxygen atoms in total. The number of anilines is 1. The van der Waals surface area contributed by atoms with Gasteiger partial charge in [-0.25, -0.2) is 4.98 Å². The Balaban J connectivity index is 0.933. The first-order valence-corrected chi connectivity index (χ1v) is 20.5. The van der Waals surface area contributed by atoms with Crippen LogP contribution in [0.25, 0.3) is 9.53 Å². The summed E-state index contributed by atoms with van der Waals surface area (Å²) in [4.78, 5) is 5.61. The Morgan fingerprint density at radius 1 is 0.646 bits per heavy atom. The largest absolute Gasteiger partial charge is 0.385 e. The lowest BCUT2D eigenvalue weighted by atomic mass is 9.77. The van der Waals surface area contributed by atoms with Crippen molar-refractivity contribution in [3.05, 3.63) is 60.2 Å². The molecule has 0 unspecified atom stereocenters. The van der Waals surface area contributed by atoms with Crippen LogP contribution in [-0.4, -0.2) is 11.5 Å². The van der Waals surface area contributed by atoms with Gasteiger partial charge in [-0.1, -0.05) is 113 Å². The summed E-state index contributed by atoms with van der Waals surface area (Å²) in [7, 11) is 0. The highest BCUT2D eigenvalue weighted by Gasteiger charge is 2.22. The molecular formula is C40H54N6S2. The molecule has 2 aliphatic rings. The monoisotopic (exact) mass is 682 g/mol. The van der Waals surface area contributed by atoms with E-state index in [1.54, 1.807) is 11.3 Å². The quantitative estimate of drug-likeness (QED) is 0.0943. The van der Waals surface area contributed by atoms with E-state index in [4.69, 9.17) is 0 Å². The molecule has 1 N–H and O–H groups in total. The molecule has 0 spiro atoms. The van der Waals surface area contributed by atoms with Crippen molar-refractivity contribution in [2.24, 2.45) is 38.2 Å². The molecule has 0 amide bonds. The fraction of sp³-hybridized carbons (Fsp3) is 0.575. The maximum absolute atomic E-state index is 4.68. The molecule has 256 valence electrons. The van der Waals surface area contributed by atoms with Gasteiger partial charge in [0.2, 0.25) is 5.13 Å². The lowest BCUT2D eigenvalue weighted by Gasteiger charge is -2.29. The third-order valence-electron chi connectivity index (χ3n) is 10.7. The molecule has 4 aromatic rings. The third-order valence-corrected chi connectivity index (χ3v) is 12.6. The zero-order valence-corrected chi connectivity index (χ0v) is 30.7. The molecule has 2 heterocycles. The molecule has 48 heavy (non-hydrogen) atoms. The summed E-state index contributed by atoms with van der Waals surface area (Å²) >= 11 is 3.08. The molecule has 2 fully saturated rings. The standard InChI is InChI=1S/C40H54N6S2/c1-3-5-7-8-10-30-15-17-32(18-16-30)33-19-21-35(22-20-33)43-45-38-27-37-39(48-38)42-40(47-37)46-44-36-25-23-34(24-26-36)41-28-31-13-11-29(12-14-31)9-6-4-2/h19-27,29-32,41H,3-18,28H2,1-2H3. The van der Waals surface area contributed by atoms with E-state index in [9.17, 15) is 0 Å². The lowest BCUT2D eigenvalue weighted by Crippen LogP contribution is -2.21. The van der Waals surface area contributed by atoms with Crippen molar-refractivity contribution in [3.63, 3.8) is 0 Å². The number of hydrogen-bond acceptors (Lipinski definition) is 8. The predicted molar refractivity (Wildman–Crippen MR) is 206 cm³/mol. The van der Waals surface area contributed by atoms with E-state index in [0.717, 1.165) is 55.9 Å². The summed E-state index contributed by atoms with van der Waals surface area (Å²) in [5.41, 5.74) is 4.34. The Labute approximate surface area is 296 Å². The highest BCUT2D eigenvalue weighted by Crippen LogP contribution is 2.41. The van der Waals surface area contributed by atoms with Gasteiger partial charge in [-0.05, 0) is 110 Å². The summed E-state index contributed by atoms with van der Waals surface area (Å²) in [5, 5.41) is 23.1. The highest BCUT2D eigenvalue weighted by molar-refractivity contribution is 7.30. The van der Waals surface area contributed by atoms with Crippen molar-refractivity contribution in [1.82, 2.24) is 4.98 Å². The topological polar surface area (TPSA) is 74.4 Å². The van der Waals surface area contributed by atoms with Crippen LogP contribution in [0.1, 0.15) is 128 Å². The number of thiophene rings is 1. The normalized spacial score (nSPS) is 21.9. The SMILES string of the molecule is CCCCCCC1CCC(c2ccc(N=Nc3cc4sc(N=Nc5ccc(NCC6CCC(CCCC)CC6)cc5)nc4s3)cc2)CC1. The van der Waals surface area contributed by atoms with Gasteiger partial charge < -0.3 is 5.32 Å². The van der Waals surface area contributed by atoms with Crippen LogP contribution in [-0.2, 0) is 0 Å². The van der Waals surface area contributed by atoms with E-state index in [2.05, 4.69) is 81.0 Å². The molecule has 2 saturated carbocycles. The van der Waals surface area contributed by atoms with Gasteiger partial charge in [0.05, 0.1) is 16.1 Å². The minimum Gasteiger partial charge on any atom is -0.385 e. The van der Waals surface area contributed by atoms with Crippen LogP contribution in [0, 0.1) is 17.8 Å². The second kappa shape index (κ2) is 18.1. The van der Waals surface area contributed by atoms with Crippen molar-refractivity contribution in [2.45, 2.75) is 122 Å². The maximum Gasteiger partial charge on any atom is 0.231 e. The maximum atomic E-state index is 4.68. The minimum atomic E-state index is 0.664. The van der Waals surface area contributed by atoms with Crippen molar-refractivity contribution >= 4 is 59.4 Å². The molecule has 2 aromatic carbocycles. The molecule has 6 rings (SSSR count). The van der Waals surface area contributed by atoms with Crippen molar-refractivity contribution < 1.29 is 0 Å². The van der Waals surface area contributed by atoms with Crippen molar-refractivity contribution in [1.29, 1.82) is 0 Å². The van der Waals surface area contributed by atoms with Crippen molar-refractivity contribution in [2.75, 3.05) is 11.9 Å². The number of nitrogens with zero attached hydrogens (tertiary/aromatic N) is 5. The lowest BCUT2D eigenvalue weighted by molar-refractivity contribution is 0.267. The van der Waals surface area contributed by atoms with E-state index in [1.165, 1.54) is 120 Å². The van der Waals surface area contributed by atoms with Crippen LogP contribution in [0.5, 0.6) is 0 Å². The summed E-state index contributed by atoms with van der Waals surface area (Å²) in [5.74, 6) is 3.39. The van der Waals surface area contributed by atoms with Gasteiger partial charge in [0.25, 0.3) is 0 Å². The van der Waals surface area contributed by atoms with Gasteiger partial charge in [-0.2, -0.15) is 0 Å². The Morgan fingerprint density at radius 2 is 1.27 bits per heavy atom. The number of hydrogen-bond donors (Lipinski definition) is 1. The predicted octanol–water partition coefficient (Wildman–Crippen LogP) is 14.8. The van der Waals surface area contributed by atoms with E-state index in [-0.39, 0.29) is 0 Å². The Bertz CT molecular complexity index is 1540. The third kappa shape index (κ3) is 10.3. The first-order chi connectivity index (χ1) is 23.6. The fourth-order valence-electron chi connectivity index (χ4n) is 7.59. The Kier molecular flexibility index (Phi) is 13.2. The molecular weight excluding hydrogens is 629 g/mol. The molecule has 2 aromatic heterocycles. The number of azo groups is 2. The van der Waals surface area contributed by atoms with E-state index < -0.39 is 0 Å². The fourth-order valence-corrected chi connectivity index (χ4v) is 9.44. The van der Waals surface area contributed by atoms with Crippen LogP contribution in [0.15, 0.2) is 75.1 Å². The second-order valence-electron chi connectivity index (χ2n) is 14.3. The zero-order chi connectivity index (χ0) is 33.0. The number of thiazole rings is 1. The number of benzene rings is 2. The van der Waals surface area contributed by atoms with Gasteiger partial charge in [-0.3, -0.25) is 0 Å². The van der Waals surface area contributed by atoms with Gasteiger partial charge in [0.15, 0.2) is 0 Å². The first-order valence-electron chi connectivity index (χ1n) is 18.8. The van der Waals surface area contributed by atoms with E-state index in [1.807, 2.05) is 18.2 Å². The number of nitrogens with one attached hydrogen (secondary N) is 1. The molecule has 0 radical (unpaired) electrons. The van der Waals surface area contributed by atoms with Gasteiger partial charge in [-0.15, -0.1) is 20.5 Å². The summed E-state index contributed by atoms with van der Waals surface area (Å²) in [6.45, 7) is 5.65. The second-order valence-corrected chi connectivity index (χ2v) is 16.3. The average Bonchev–Trinajstić information content (AvgIpc) is 3.70. The Morgan fingerprint density at radius 3 is 1.96 bits per heavy atom. The van der Waals surface area contributed by atoms with Crippen molar-refractivity contribution in [3.8, 4) is 0 Å². The van der Waals surface area contributed by atoms with Gasteiger partial charge >= 0.3 is 0 Å². The molecule has 0 atom stereocenters. The first kappa shape index (κ1) is 34.9.